The van der Waals surface area contributed by atoms with Gasteiger partial charge in [-0.1, -0.05) is 60.2 Å². The Labute approximate surface area is 181 Å². The highest BCUT2D eigenvalue weighted by Crippen LogP contribution is 2.68. The number of hydrogen-bond acceptors (Lipinski definition) is 5. The first-order valence-electron chi connectivity index (χ1n) is 10.4. The minimum Gasteiger partial charge on any atom is -0.496 e. The Morgan fingerprint density at radius 2 is 1.68 bits per heavy atom. The fourth-order valence-corrected chi connectivity index (χ4v) is 5.39. The van der Waals surface area contributed by atoms with Gasteiger partial charge >= 0.3 is 0 Å². The normalized spacial score (nSPS) is 28.5. The number of aryl methyl sites for hydroxylation is 1. The predicted octanol–water partition coefficient (Wildman–Crippen LogP) is 4.04. The molecule has 0 radical (unpaired) electrons. The summed E-state index contributed by atoms with van der Waals surface area (Å²) in [5, 5.41) is 23.7. The molecule has 31 heavy (non-hydrogen) atoms. The molecule has 2 aliphatic rings. The monoisotopic (exact) mass is 418 g/mol. The maximum Gasteiger partial charge on any atom is 0.176 e. The van der Waals surface area contributed by atoms with Crippen molar-refractivity contribution < 1.29 is 24.4 Å². The van der Waals surface area contributed by atoms with Crippen LogP contribution in [0.4, 0.5) is 0 Å². The molecule has 0 amide bonds. The lowest BCUT2D eigenvalue weighted by atomic mass is 9.71. The number of benzene rings is 3. The van der Waals surface area contributed by atoms with Crippen molar-refractivity contribution >= 4 is 0 Å². The number of aliphatic hydroxyl groups is 2. The van der Waals surface area contributed by atoms with Crippen molar-refractivity contribution in [2.75, 3.05) is 14.2 Å². The zero-order valence-corrected chi connectivity index (χ0v) is 17.8. The Morgan fingerprint density at radius 3 is 2.32 bits per heavy atom. The van der Waals surface area contributed by atoms with Gasteiger partial charge in [-0.05, 0) is 24.5 Å². The first-order valence-corrected chi connectivity index (χ1v) is 10.4. The lowest BCUT2D eigenvalue weighted by molar-refractivity contribution is -0.149. The summed E-state index contributed by atoms with van der Waals surface area (Å²) in [4.78, 5) is 0. The number of hydrogen-bond donors (Lipinski definition) is 2. The number of methoxy groups -OCH3 is 2. The summed E-state index contributed by atoms with van der Waals surface area (Å²) in [5.41, 5.74) is 0.453. The van der Waals surface area contributed by atoms with Gasteiger partial charge in [0.15, 0.2) is 11.2 Å². The lowest BCUT2D eigenvalue weighted by Crippen LogP contribution is -2.52. The fourth-order valence-electron chi connectivity index (χ4n) is 5.39. The molecule has 4 atom stereocenters. The van der Waals surface area contributed by atoms with Crippen LogP contribution in [0.25, 0.3) is 0 Å². The standard InChI is InChI=1S/C26H26O5/c1-16-9-11-18(12-10-16)26-20(17-7-5-4-6-8-17)15-23(27)25(26,28)24-21(30-3)13-19(29-2)14-22(24)31-26/h4-14,20,23,27-28H,15H2,1-3H3. The van der Waals surface area contributed by atoms with Gasteiger partial charge in [-0.25, -0.2) is 0 Å². The van der Waals surface area contributed by atoms with E-state index in [0.717, 1.165) is 16.7 Å². The van der Waals surface area contributed by atoms with Gasteiger partial charge in [-0.15, -0.1) is 0 Å². The molecule has 1 aliphatic carbocycles. The minimum absolute atomic E-state index is 0.278. The van der Waals surface area contributed by atoms with Crippen LogP contribution < -0.4 is 14.2 Å². The molecule has 5 rings (SSSR count). The van der Waals surface area contributed by atoms with Crippen LogP contribution in [0.1, 0.15) is 34.6 Å². The van der Waals surface area contributed by atoms with Crippen LogP contribution in [0.15, 0.2) is 66.7 Å². The van der Waals surface area contributed by atoms with E-state index in [1.165, 1.54) is 0 Å². The van der Waals surface area contributed by atoms with Crippen molar-refractivity contribution in [2.45, 2.75) is 36.6 Å². The maximum absolute atomic E-state index is 12.3. The van der Waals surface area contributed by atoms with Gasteiger partial charge in [-0.3, -0.25) is 0 Å². The van der Waals surface area contributed by atoms with Crippen molar-refractivity contribution in [1.82, 2.24) is 0 Å². The molecule has 5 nitrogen and oxygen atoms in total. The molecule has 3 aromatic rings. The smallest absolute Gasteiger partial charge is 0.176 e. The predicted molar refractivity (Wildman–Crippen MR) is 117 cm³/mol. The van der Waals surface area contributed by atoms with Crippen LogP contribution in [0, 0.1) is 6.92 Å². The second-order valence-corrected chi connectivity index (χ2v) is 8.39. The highest BCUT2D eigenvalue weighted by atomic mass is 16.5. The molecule has 0 spiro atoms. The molecule has 4 unspecified atom stereocenters. The largest absolute Gasteiger partial charge is 0.496 e. The Kier molecular flexibility index (Phi) is 4.50. The molecule has 0 saturated heterocycles. The lowest BCUT2D eigenvalue weighted by Gasteiger charge is -2.40. The summed E-state index contributed by atoms with van der Waals surface area (Å²) in [6.45, 7) is 2.02. The van der Waals surface area contributed by atoms with E-state index in [1.807, 2.05) is 61.5 Å². The number of ether oxygens (including phenoxy) is 3. The van der Waals surface area contributed by atoms with E-state index in [1.54, 1.807) is 26.4 Å². The molecule has 1 aliphatic heterocycles. The molecular weight excluding hydrogens is 392 g/mol. The molecule has 160 valence electrons. The van der Waals surface area contributed by atoms with Crippen molar-refractivity contribution in [2.24, 2.45) is 0 Å². The average molecular weight is 418 g/mol. The van der Waals surface area contributed by atoms with E-state index in [9.17, 15) is 10.2 Å². The topological polar surface area (TPSA) is 68.2 Å². The first-order chi connectivity index (χ1) is 15.0. The van der Waals surface area contributed by atoms with E-state index in [2.05, 4.69) is 0 Å². The molecule has 0 bridgehead atoms. The van der Waals surface area contributed by atoms with Crippen LogP contribution >= 0.6 is 0 Å². The molecule has 3 aromatic carbocycles. The highest BCUT2D eigenvalue weighted by Gasteiger charge is 2.73. The molecule has 1 heterocycles. The third-order valence-corrected chi connectivity index (χ3v) is 6.83. The minimum atomic E-state index is -1.70. The molecule has 0 aromatic heterocycles. The Balaban J connectivity index is 1.82. The maximum atomic E-state index is 12.3. The second-order valence-electron chi connectivity index (χ2n) is 8.39. The van der Waals surface area contributed by atoms with Gasteiger partial charge in [0.05, 0.1) is 25.9 Å². The van der Waals surface area contributed by atoms with E-state index < -0.39 is 17.3 Å². The Bertz CT molecular complexity index is 1110. The summed E-state index contributed by atoms with van der Waals surface area (Å²) < 4.78 is 17.8. The highest BCUT2D eigenvalue weighted by molar-refractivity contribution is 5.62. The van der Waals surface area contributed by atoms with Crippen LogP contribution in [-0.2, 0) is 11.2 Å². The molecule has 1 saturated carbocycles. The van der Waals surface area contributed by atoms with E-state index in [0.29, 0.717) is 29.2 Å². The van der Waals surface area contributed by atoms with Crippen LogP contribution in [0.2, 0.25) is 0 Å². The van der Waals surface area contributed by atoms with Gasteiger partial charge in [-0.2, -0.15) is 0 Å². The van der Waals surface area contributed by atoms with Crippen LogP contribution in [0.5, 0.6) is 17.2 Å². The summed E-state index contributed by atoms with van der Waals surface area (Å²) in [6.07, 6.45) is -0.703. The van der Waals surface area contributed by atoms with Crippen molar-refractivity contribution in [3.8, 4) is 17.2 Å². The van der Waals surface area contributed by atoms with Crippen molar-refractivity contribution in [1.29, 1.82) is 0 Å². The average Bonchev–Trinajstić information content (AvgIpc) is 3.19. The van der Waals surface area contributed by atoms with E-state index >= 15 is 0 Å². The van der Waals surface area contributed by atoms with Crippen molar-refractivity contribution in [3.05, 3.63) is 89.0 Å². The van der Waals surface area contributed by atoms with Gasteiger partial charge in [0.25, 0.3) is 0 Å². The molecule has 1 fully saturated rings. The molecule has 2 N–H and O–H groups in total. The number of fused-ring (bicyclic) bond motifs is 3. The molecule has 5 heteroatoms. The quantitative estimate of drug-likeness (QED) is 0.670. The first kappa shape index (κ1) is 19.9. The van der Waals surface area contributed by atoms with Crippen LogP contribution in [0.3, 0.4) is 0 Å². The van der Waals surface area contributed by atoms with Crippen LogP contribution in [-0.4, -0.2) is 30.5 Å². The van der Waals surface area contributed by atoms with Gasteiger partial charge in [0.2, 0.25) is 0 Å². The summed E-state index contributed by atoms with van der Waals surface area (Å²) in [5.74, 6) is 1.17. The van der Waals surface area contributed by atoms with E-state index in [-0.39, 0.29) is 5.92 Å². The zero-order chi connectivity index (χ0) is 21.8. The molecular formula is C26H26O5. The second kappa shape index (κ2) is 7.01. The fraction of sp³-hybridized carbons (Fsp3) is 0.308. The Hall–Kier alpha value is -3.02. The van der Waals surface area contributed by atoms with Gasteiger partial charge in [0.1, 0.15) is 17.2 Å². The number of aliphatic hydroxyl groups excluding tert-OH is 1. The van der Waals surface area contributed by atoms with Gasteiger partial charge < -0.3 is 24.4 Å². The zero-order valence-electron chi connectivity index (χ0n) is 17.8. The summed E-state index contributed by atoms with van der Waals surface area (Å²) >= 11 is 0. The third-order valence-electron chi connectivity index (χ3n) is 6.83. The SMILES string of the molecule is COc1cc(OC)c2c(c1)OC1(c3ccc(C)cc3)C(c3ccccc3)CC(O)C21O. The summed E-state index contributed by atoms with van der Waals surface area (Å²) in [7, 11) is 3.11. The number of rotatable bonds is 4. The van der Waals surface area contributed by atoms with E-state index in [4.69, 9.17) is 14.2 Å². The Morgan fingerprint density at radius 1 is 0.968 bits per heavy atom. The van der Waals surface area contributed by atoms with Gasteiger partial charge in [0, 0.05) is 18.1 Å². The summed E-state index contributed by atoms with van der Waals surface area (Å²) in [6, 6.07) is 21.3. The third kappa shape index (κ3) is 2.57. The van der Waals surface area contributed by atoms with Crippen molar-refractivity contribution in [3.63, 3.8) is 0 Å².